The molecule has 0 aliphatic heterocycles. The second-order valence-electron chi connectivity index (χ2n) is 5.83. The average molecular weight is 363 g/mol. The first-order valence-corrected chi connectivity index (χ1v) is 8.39. The largest absolute Gasteiger partial charge is 0.204 e. The molecule has 0 radical (unpaired) electrons. The lowest BCUT2D eigenvalue weighted by atomic mass is 9.99. The molecule has 2 aromatic carbocycles. The smallest absolute Gasteiger partial charge is 0.153 e. The van der Waals surface area contributed by atoms with Crippen molar-refractivity contribution < 1.29 is 8.78 Å². The van der Waals surface area contributed by atoms with Crippen molar-refractivity contribution in [2.75, 3.05) is 0 Å². The molecule has 1 aliphatic rings. The molecule has 4 heteroatoms. The Bertz CT molecular complexity index is 1060. The summed E-state index contributed by atoms with van der Waals surface area (Å²) in [4.78, 5) is 3.40. The van der Waals surface area contributed by atoms with E-state index in [0.29, 0.717) is 5.56 Å². The van der Waals surface area contributed by atoms with Crippen LogP contribution in [0.4, 0.5) is 14.5 Å². The first kappa shape index (κ1) is 17.9. The Morgan fingerprint density at radius 3 is 2.31 bits per heavy atom. The Morgan fingerprint density at radius 1 is 1.04 bits per heavy atom. The molecular weight excluding hydrogens is 348 g/mol. The summed E-state index contributed by atoms with van der Waals surface area (Å²) in [6.07, 6.45) is 10.4. The van der Waals surface area contributed by atoms with Crippen LogP contribution in [0, 0.1) is 11.6 Å². The number of nitrogens with zero attached hydrogens (tertiary/aromatic N) is 1. The van der Waals surface area contributed by atoms with Crippen LogP contribution in [0.1, 0.15) is 12.0 Å². The third kappa shape index (κ3) is 4.17. The van der Waals surface area contributed by atoms with Crippen molar-refractivity contribution in [3.8, 4) is 0 Å². The molecule has 0 saturated heterocycles. The van der Waals surface area contributed by atoms with Gasteiger partial charge in [-0.2, -0.15) is 4.99 Å². The number of isothiocyanates is 1. The molecule has 1 aliphatic carbocycles. The zero-order chi connectivity index (χ0) is 18.5. The minimum Gasteiger partial charge on any atom is -0.204 e. The van der Waals surface area contributed by atoms with Gasteiger partial charge in [0.05, 0.1) is 5.16 Å². The second-order valence-corrected chi connectivity index (χ2v) is 6.02. The monoisotopic (exact) mass is 363 g/mol. The van der Waals surface area contributed by atoms with Crippen molar-refractivity contribution in [2.24, 2.45) is 4.99 Å². The van der Waals surface area contributed by atoms with Gasteiger partial charge >= 0.3 is 0 Å². The highest BCUT2D eigenvalue weighted by molar-refractivity contribution is 7.78. The van der Waals surface area contributed by atoms with Crippen LogP contribution in [0.15, 0.2) is 71.3 Å². The zero-order valence-corrected chi connectivity index (χ0v) is 14.7. The van der Waals surface area contributed by atoms with Crippen LogP contribution in [0.2, 0.25) is 0 Å². The van der Waals surface area contributed by atoms with Gasteiger partial charge in [0.15, 0.2) is 11.6 Å². The molecule has 0 aromatic heterocycles. The lowest BCUT2D eigenvalue weighted by Crippen LogP contribution is -2.09. The highest BCUT2D eigenvalue weighted by Crippen LogP contribution is 2.24. The fourth-order valence-electron chi connectivity index (χ4n) is 2.64. The van der Waals surface area contributed by atoms with Gasteiger partial charge in [-0.3, -0.25) is 0 Å². The summed E-state index contributed by atoms with van der Waals surface area (Å²) in [5.41, 5.74) is 2.19. The van der Waals surface area contributed by atoms with E-state index in [1.807, 2.05) is 41.6 Å². The van der Waals surface area contributed by atoms with Crippen LogP contribution in [0.25, 0.3) is 18.2 Å². The predicted octanol–water partition coefficient (Wildman–Crippen LogP) is 4.86. The maximum atomic E-state index is 13.8. The highest BCUT2D eigenvalue weighted by Gasteiger charge is 2.09. The van der Waals surface area contributed by atoms with E-state index < -0.39 is 17.3 Å². The Hall–Kier alpha value is -2.94. The van der Waals surface area contributed by atoms with Crippen molar-refractivity contribution in [1.82, 2.24) is 0 Å². The molecule has 3 rings (SSSR count). The van der Waals surface area contributed by atoms with Crippen LogP contribution < -0.4 is 10.4 Å². The lowest BCUT2D eigenvalue weighted by Gasteiger charge is -2.07. The van der Waals surface area contributed by atoms with Crippen molar-refractivity contribution in [3.63, 3.8) is 0 Å². The molecule has 0 atom stereocenters. The molecule has 2 aromatic rings. The summed E-state index contributed by atoms with van der Waals surface area (Å²) in [7, 11) is 0. The predicted molar refractivity (Wildman–Crippen MR) is 107 cm³/mol. The van der Waals surface area contributed by atoms with E-state index in [1.165, 1.54) is 17.7 Å². The summed E-state index contributed by atoms with van der Waals surface area (Å²) < 4.78 is 27.7. The number of hydrogen-bond acceptors (Lipinski definition) is 2. The van der Waals surface area contributed by atoms with E-state index in [2.05, 4.69) is 35.9 Å². The molecule has 0 N–H and O–H groups in total. The first-order valence-electron chi connectivity index (χ1n) is 7.98. The van der Waals surface area contributed by atoms with Crippen molar-refractivity contribution >= 4 is 41.3 Å². The molecule has 0 fully saturated rings. The minimum atomic E-state index is -0.764. The molecule has 0 amide bonds. The molecular formula is C22H15F2NS. The molecule has 0 unspecified atom stereocenters. The maximum Gasteiger partial charge on any atom is 0.153 e. The van der Waals surface area contributed by atoms with Crippen LogP contribution in [0.5, 0.6) is 0 Å². The van der Waals surface area contributed by atoms with E-state index in [0.717, 1.165) is 22.4 Å². The molecule has 0 heterocycles. The summed E-state index contributed by atoms with van der Waals surface area (Å²) in [6, 6.07) is 10.5. The third-order valence-electron chi connectivity index (χ3n) is 4.02. The number of hydrogen-bond donors (Lipinski definition) is 0. The number of rotatable bonds is 3. The van der Waals surface area contributed by atoms with E-state index in [-0.39, 0.29) is 0 Å². The van der Waals surface area contributed by atoms with Crippen LogP contribution in [0.3, 0.4) is 0 Å². The Morgan fingerprint density at radius 2 is 1.73 bits per heavy atom. The molecule has 128 valence electrons. The van der Waals surface area contributed by atoms with E-state index >= 15 is 0 Å². The third-order valence-corrected chi connectivity index (χ3v) is 4.12. The lowest BCUT2D eigenvalue weighted by molar-refractivity contribution is 0.587. The Labute approximate surface area is 155 Å². The molecule has 0 spiro atoms. The normalized spacial score (nSPS) is 13.6. The van der Waals surface area contributed by atoms with Gasteiger partial charge in [0.2, 0.25) is 0 Å². The van der Waals surface area contributed by atoms with Crippen molar-refractivity contribution in [1.29, 1.82) is 0 Å². The molecule has 0 bridgehead atoms. The topological polar surface area (TPSA) is 12.4 Å². The number of halogens is 2. The quantitative estimate of drug-likeness (QED) is 0.560. The molecule has 26 heavy (non-hydrogen) atoms. The summed E-state index contributed by atoms with van der Waals surface area (Å²) >= 11 is 4.39. The van der Waals surface area contributed by atoms with Gasteiger partial charge < -0.3 is 0 Å². The van der Waals surface area contributed by atoms with Crippen LogP contribution >= 0.6 is 12.2 Å². The summed E-state index contributed by atoms with van der Waals surface area (Å²) in [5.74, 6) is -1.53. The van der Waals surface area contributed by atoms with Crippen molar-refractivity contribution in [2.45, 2.75) is 6.42 Å². The SMILES string of the molecule is C=c1ccc(=C2C=CC(/C=C/c3cc(F)c(N=C=S)c(F)c3)=CC2)cc1. The van der Waals surface area contributed by atoms with Gasteiger partial charge in [-0.25, -0.2) is 8.78 Å². The minimum absolute atomic E-state index is 0.415. The summed E-state index contributed by atoms with van der Waals surface area (Å²) in [6.45, 7) is 3.88. The fraction of sp³-hybridized carbons (Fsp3) is 0.0455. The Balaban J connectivity index is 1.80. The summed E-state index contributed by atoms with van der Waals surface area (Å²) in [5, 5.41) is 4.12. The van der Waals surface area contributed by atoms with E-state index in [1.54, 1.807) is 6.08 Å². The van der Waals surface area contributed by atoms with E-state index in [4.69, 9.17) is 0 Å². The number of benzene rings is 2. The van der Waals surface area contributed by atoms with Gasteiger partial charge in [0.1, 0.15) is 5.69 Å². The van der Waals surface area contributed by atoms with Crippen LogP contribution in [-0.2, 0) is 0 Å². The van der Waals surface area contributed by atoms with Gasteiger partial charge in [0.25, 0.3) is 0 Å². The molecule has 0 saturated carbocycles. The zero-order valence-electron chi connectivity index (χ0n) is 13.9. The number of thiocarbonyl (C=S) groups is 1. The first-order chi connectivity index (χ1) is 12.6. The number of allylic oxidation sites excluding steroid dienone is 5. The maximum absolute atomic E-state index is 13.8. The van der Waals surface area contributed by atoms with E-state index in [9.17, 15) is 8.78 Å². The number of aliphatic imine (C=N–C) groups is 1. The van der Waals surface area contributed by atoms with Gasteiger partial charge in [0, 0.05) is 0 Å². The average Bonchev–Trinajstić information content (AvgIpc) is 2.64. The molecule has 1 nitrogen and oxygen atoms in total. The van der Waals surface area contributed by atoms with Gasteiger partial charge in [-0.05, 0) is 57.9 Å². The second kappa shape index (κ2) is 7.96. The van der Waals surface area contributed by atoms with Gasteiger partial charge in [-0.1, -0.05) is 61.2 Å². The Kier molecular flexibility index (Phi) is 5.47. The van der Waals surface area contributed by atoms with Crippen LogP contribution in [-0.4, -0.2) is 5.16 Å². The van der Waals surface area contributed by atoms with Gasteiger partial charge in [-0.15, -0.1) is 0 Å². The standard InChI is InChI=1S/C22H15F2NS/c1-15-2-8-18(9-3-15)19-10-6-16(7-11-19)4-5-17-12-20(23)22(25-14-26)21(24)13-17/h2-10,12-13H,1,11H2/b5-4+. The fourth-order valence-corrected chi connectivity index (χ4v) is 2.73. The highest BCUT2D eigenvalue weighted by atomic mass is 32.1. The van der Waals surface area contributed by atoms with Crippen molar-refractivity contribution in [3.05, 3.63) is 93.9 Å².